The van der Waals surface area contributed by atoms with E-state index in [9.17, 15) is 5.11 Å². The van der Waals surface area contributed by atoms with Crippen LogP contribution in [0.3, 0.4) is 0 Å². The zero-order valence-corrected chi connectivity index (χ0v) is 14.3. The number of hydrogen-bond acceptors (Lipinski definition) is 2. The molecule has 2 rings (SSSR count). The molecule has 0 saturated carbocycles. The summed E-state index contributed by atoms with van der Waals surface area (Å²) in [6.45, 7) is 6.82. The highest BCUT2D eigenvalue weighted by Crippen LogP contribution is 2.25. The molecule has 0 aliphatic carbocycles. The molecule has 22 heavy (non-hydrogen) atoms. The lowest BCUT2D eigenvalue weighted by molar-refractivity contribution is 0.0651. The van der Waals surface area contributed by atoms with Crippen molar-refractivity contribution in [3.05, 3.63) is 30.1 Å². The summed E-state index contributed by atoms with van der Waals surface area (Å²) in [5.74, 6) is 0.777. The van der Waals surface area contributed by atoms with E-state index in [0.29, 0.717) is 0 Å². The molecular formula is C19H30N2O. The third kappa shape index (κ3) is 4.33. The fraction of sp³-hybridized carbons (Fsp3) is 0.632. The zero-order valence-electron chi connectivity index (χ0n) is 14.3. The van der Waals surface area contributed by atoms with Crippen molar-refractivity contribution in [1.29, 1.82) is 0 Å². The van der Waals surface area contributed by atoms with Crippen molar-refractivity contribution in [2.24, 2.45) is 0 Å². The van der Waals surface area contributed by atoms with Crippen LogP contribution in [0, 0.1) is 0 Å². The van der Waals surface area contributed by atoms with Crippen LogP contribution >= 0.6 is 0 Å². The predicted molar refractivity (Wildman–Crippen MR) is 93.0 cm³/mol. The van der Waals surface area contributed by atoms with Gasteiger partial charge in [-0.3, -0.25) is 0 Å². The molecule has 0 bridgehead atoms. The van der Waals surface area contributed by atoms with Crippen LogP contribution in [0.15, 0.2) is 24.3 Å². The van der Waals surface area contributed by atoms with Crippen molar-refractivity contribution in [2.45, 2.75) is 77.9 Å². The summed E-state index contributed by atoms with van der Waals surface area (Å²) in [5.41, 5.74) is 1.20. The smallest absolute Gasteiger partial charge is 0.141 e. The molecule has 0 aliphatic heterocycles. The predicted octanol–water partition coefficient (Wildman–Crippen LogP) is 5.01. The van der Waals surface area contributed by atoms with Crippen molar-refractivity contribution in [3.8, 4) is 0 Å². The molecule has 1 aromatic heterocycles. The Morgan fingerprint density at radius 3 is 2.32 bits per heavy atom. The molecule has 0 atom stereocenters. The van der Waals surface area contributed by atoms with Gasteiger partial charge in [0.25, 0.3) is 0 Å². The summed E-state index contributed by atoms with van der Waals surface area (Å²) in [7, 11) is 0. The molecule has 0 aliphatic rings. The minimum Gasteiger partial charge on any atom is -0.383 e. The van der Waals surface area contributed by atoms with E-state index in [4.69, 9.17) is 0 Å². The standard InChI is InChI=1S/C19H30N2O/c1-4-5-6-7-8-9-12-15-21-17-14-11-10-13-16(17)20-18(21)19(2,3)22/h10-11,13-14,22H,4-9,12,15H2,1-3H3. The van der Waals surface area contributed by atoms with Crippen LogP contribution in [0.25, 0.3) is 11.0 Å². The highest BCUT2D eigenvalue weighted by Gasteiger charge is 2.24. The molecule has 3 heteroatoms. The molecule has 3 nitrogen and oxygen atoms in total. The highest BCUT2D eigenvalue weighted by molar-refractivity contribution is 5.76. The monoisotopic (exact) mass is 302 g/mol. The Bertz CT molecular complexity index is 581. The second kappa shape index (κ2) is 7.77. The lowest BCUT2D eigenvalue weighted by Gasteiger charge is -2.19. The zero-order chi connectivity index (χ0) is 16.0. The molecule has 0 unspecified atom stereocenters. The van der Waals surface area contributed by atoms with E-state index >= 15 is 0 Å². The first kappa shape index (κ1) is 17.0. The van der Waals surface area contributed by atoms with Crippen LogP contribution < -0.4 is 0 Å². The van der Waals surface area contributed by atoms with Crippen molar-refractivity contribution in [1.82, 2.24) is 9.55 Å². The third-order valence-corrected chi connectivity index (χ3v) is 4.19. The topological polar surface area (TPSA) is 38.0 Å². The van der Waals surface area contributed by atoms with Gasteiger partial charge in [0.1, 0.15) is 11.4 Å². The van der Waals surface area contributed by atoms with Gasteiger partial charge in [0.2, 0.25) is 0 Å². The Kier molecular flexibility index (Phi) is 6.01. The average molecular weight is 302 g/mol. The van der Waals surface area contributed by atoms with Gasteiger partial charge in [-0.2, -0.15) is 0 Å². The first-order valence-corrected chi connectivity index (χ1v) is 8.72. The number of benzene rings is 1. The van der Waals surface area contributed by atoms with E-state index in [1.165, 1.54) is 38.5 Å². The van der Waals surface area contributed by atoms with E-state index in [1.54, 1.807) is 0 Å². The minimum atomic E-state index is -0.903. The van der Waals surface area contributed by atoms with Gasteiger partial charge >= 0.3 is 0 Å². The molecule has 0 fully saturated rings. The van der Waals surface area contributed by atoms with E-state index in [2.05, 4.69) is 22.5 Å². The molecule has 0 amide bonds. The molecule has 0 saturated heterocycles. The summed E-state index contributed by atoms with van der Waals surface area (Å²) in [5, 5.41) is 10.4. The Hall–Kier alpha value is -1.35. The van der Waals surface area contributed by atoms with Crippen LogP contribution in [0.4, 0.5) is 0 Å². The van der Waals surface area contributed by atoms with Crippen LogP contribution in [0.5, 0.6) is 0 Å². The number of imidazole rings is 1. The van der Waals surface area contributed by atoms with Crippen LogP contribution in [0.2, 0.25) is 0 Å². The Morgan fingerprint density at radius 1 is 1.00 bits per heavy atom. The molecule has 1 heterocycles. The number of hydrogen-bond donors (Lipinski definition) is 1. The average Bonchev–Trinajstić information content (AvgIpc) is 2.85. The van der Waals surface area contributed by atoms with E-state index < -0.39 is 5.60 Å². The maximum atomic E-state index is 10.4. The van der Waals surface area contributed by atoms with Crippen LogP contribution in [0.1, 0.15) is 71.5 Å². The fourth-order valence-corrected chi connectivity index (χ4v) is 3.00. The Balaban J connectivity index is 2.00. The first-order chi connectivity index (χ1) is 10.5. The van der Waals surface area contributed by atoms with Gasteiger partial charge < -0.3 is 9.67 Å². The number of aliphatic hydroxyl groups is 1. The lowest BCUT2D eigenvalue weighted by Crippen LogP contribution is -2.22. The SMILES string of the molecule is CCCCCCCCCn1c(C(C)(C)O)nc2ccccc21. The number of para-hydroxylation sites is 2. The molecular weight excluding hydrogens is 272 g/mol. The number of nitrogens with zero attached hydrogens (tertiary/aromatic N) is 2. The maximum absolute atomic E-state index is 10.4. The summed E-state index contributed by atoms with van der Waals surface area (Å²) in [6.07, 6.45) is 9.07. The number of fused-ring (bicyclic) bond motifs is 1. The first-order valence-electron chi connectivity index (χ1n) is 8.72. The van der Waals surface area contributed by atoms with Crippen LogP contribution in [-0.4, -0.2) is 14.7 Å². The molecule has 122 valence electrons. The number of unbranched alkanes of at least 4 members (excludes halogenated alkanes) is 6. The summed E-state index contributed by atoms with van der Waals surface area (Å²) in [4.78, 5) is 4.64. The van der Waals surface area contributed by atoms with Crippen molar-refractivity contribution in [2.75, 3.05) is 0 Å². The van der Waals surface area contributed by atoms with Gasteiger partial charge in [0, 0.05) is 6.54 Å². The summed E-state index contributed by atoms with van der Waals surface area (Å²) >= 11 is 0. The molecule has 0 radical (unpaired) electrons. The van der Waals surface area contributed by atoms with E-state index in [1.807, 2.05) is 32.0 Å². The number of rotatable bonds is 9. The third-order valence-electron chi connectivity index (χ3n) is 4.19. The Morgan fingerprint density at radius 2 is 1.64 bits per heavy atom. The van der Waals surface area contributed by atoms with Crippen molar-refractivity contribution < 1.29 is 5.11 Å². The minimum absolute atomic E-state index is 0.777. The second-order valence-corrected chi connectivity index (χ2v) is 6.76. The molecule has 2 aromatic rings. The number of aryl methyl sites for hydroxylation is 1. The van der Waals surface area contributed by atoms with Gasteiger partial charge in [0.05, 0.1) is 11.0 Å². The van der Waals surface area contributed by atoms with Gasteiger partial charge in [-0.25, -0.2) is 4.98 Å². The van der Waals surface area contributed by atoms with Crippen molar-refractivity contribution >= 4 is 11.0 Å². The molecule has 1 aromatic carbocycles. The van der Waals surface area contributed by atoms with Crippen molar-refractivity contribution in [3.63, 3.8) is 0 Å². The molecule has 0 spiro atoms. The molecule has 1 N–H and O–H groups in total. The maximum Gasteiger partial charge on any atom is 0.141 e. The lowest BCUT2D eigenvalue weighted by atomic mass is 10.1. The van der Waals surface area contributed by atoms with Crippen LogP contribution in [-0.2, 0) is 12.1 Å². The van der Waals surface area contributed by atoms with Gasteiger partial charge in [0.15, 0.2) is 0 Å². The largest absolute Gasteiger partial charge is 0.383 e. The number of aromatic nitrogens is 2. The highest BCUT2D eigenvalue weighted by atomic mass is 16.3. The fourth-order valence-electron chi connectivity index (χ4n) is 3.00. The Labute approximate surface area is 134 Å². The van der Waals surface area contributed by atoms with E-state index in [0.717, 1.165) is 29.8 Å². The second-order valence-electron chi connectivity index (χ2n) is 6.76. The van der Waals surface area contributed by atoms with Gasteiger partial charge in [-0.1, -0.05) is 57.6 Å². The summed E-state index contributed by atoms with van der Waals surface area (Å²) in [6, 6.07) is 8.16. The quantitative estimate of drug-likeness (QED) is 0.661. The van der Waals surface area contributed by atoms with Gasteiger partial charge in [-0.05, 0) is 32.4 Å². The summed E-state index contributed by atoms with van der Waals surface area (Å²) < 4.78 is 2.20. The van der Waals surface area contributed by atoms with E-state index in [-0.39, 0.29) is 0 Å². The van der Waals surface area contributed by atoms with Gasteiger partial charge in [-0.15, -0.1) is 0 Å². The normalized spacial score (nSPS) is 12.2.